The molecule has 0 radical (unpaired) electrons. The highest BCUT2D eigenvalue weighted by atomic mass is 79.9. The maximum atomic E-state index is 13.1. The second-order valence-electron chi connectivity index (χ2n) is 6.17. The van der Waals surface area contributed by atoms with Crippen LogP contribution >= 0.6 is 39.1 Å². The monoisotopic (exact) mass is 487 g/mol. The van der Waals surface area contributed by atoms with Crippen LogP contribution in [0.4, 0.5) is 0 Å². The van der Waals surface area contributed by atoms with Crippen LogP contribution in [0.3, 0.4) is 0 Å². The third-order valence-electron chi connectivity index (χ3n) is 4.27. The predicted octanol–water partition coefficient (Wildman–Crippen LogP) is 5.52. The lowest BCUT2D eigenvalue weighted by Crippen LogP contribution is -2.35. The molecule has 3 aromatic carbocycles. The number of amides is 1. The van der Waals surface area contributed by atoms with E-state index in [0.29, 0.717) is 27.3 Å². The highest BCUT2D eigenvalue weighted by molar-refractivity contribution is 9.10. The number of nitrogens with one attached hydrogen (secondary N) is 1. The smallest absolute Gasteiger partial charge is 0.267 e. The number of hydrogen-bond acceptors (Lipinski definition) is 3. The summed E-state index contributed by atoms with van der Waals surface area (Å²) in [7, 11) is 0. The Hall–Kier alpha value is -2.67. The van der Waals surface area contributed by atoms with E-state index in [-0.39, 0.29) is 16.1 Å². The Labute approximate surface area is 184 Å². The van der Waals surface area contributed by atoms with Gasteiger partial charge in [0, 0.05) is 15.6 Å². The first-order chi connectivity index (χ1) is 13.9. The first-order valence-corrected chi connectivity index (χ1v) is 10.0. The van der Waals surface area contributed by atoms with Crippen LogP contribution in [0.2, 0.25) is 10.0 Å². The number of hydrogen-bond donors (Lipinski definition) is 1. The first kappa shape index (κ1) is 19.6. The number of fused-ring (bicyclic) bond motifs is 1. The molecule has 4 rings (SSSR count). The Bertz CT molecular complexity index is 1300. The minimum Gasteiger partial charge on any atom is -0.267 e. The van der Waals surface area contributed by atoms with Crippen molar-refractivity contribution in [2.24, 2.45) is 0 Å². The zero-order valence-electron chi connectivity index (χ0n) is 14.7. The number of halogens is 3. The fourth-order valence-electron chi connectivity index (χ4n) is 2.83. The van der Waals surface area contributed by atoms with E-state index in [1.807, 2.05) is 24.3 Å². The Morgan fingerprint density at radius 2 is 1.69 bits per heavy atom. The third kappa shape index (κ3) is 3.92. The van der Waals surface area contributed by atoms with Crippen LogP contribution in [0, 0.1) is 0 Å². The molecule has 4 aromatic rings. The van der Waals surface area contributed by atoms with Crippen molar-refractivity contribution in [3.05, 3.63) is 97.2 Å². The van der Waals surface area contributed by atoms with Crippen molar-refractivity contribution in [2.45, 2.75) is 0 Å². The average molecular weight is 489 g/mol. The molecule has 0 fully saturated rings. The molecule has 1 aromatic heterocycles. The maximum Gasteiger partial charge on any atom is 0.280 e. The molecule has 1 N–H and O–H groups in total. The lowest BCUT2D eigenvalue weighted by Gasteiger charge is -2.15. The minimum absolute atomic E-state index is 0.247. The number of carbonyl (C=O) groups is 1. The summed E-state index contributed by atoms with van der Waals surface area (Å²) in [6.07, 6.45) is 0. The van der Waals surface area contributed by atoms with Gasteiger partial charge in [0.05, 0.1) is 20.9 Å². The molecule has 0 aliphatic heterocycles. The SMILES string of the molecule is O=C(Nn1c(-c2ccc(Br)cc2)nc2ccccc2c1=O)c1ccc(Cl)c(Cl)c1. The van der Waals surface area contributed by atoms with E-state index >= 15 is 0 Å². The Morgan fingerprint density at radius 3 is 2.41 bits per heavy atom. The number of benzene rings is 3. The molecule has 144 valence electrons. The summed E-state index contributed by atoms with van der Waals surface area (Å²) in [5.41, 5.74) is 3.72. The molecule has 0 atom stereocenters. The van der Waals surface area contributed by atoms with Crippen molar-refractivity contribution in [3.63, 3.8) is 0 Å². The lowest BCUT2D eigenvalue weighted by molar-refractivity contribution is 0.101. The van der Waals surface area contributed by atoms with Crippen molar-refractivity contribution in [2.75, 3.05) is 5.43 Å². The van der Waals surface area contributed by atoms with Gasteiger partial charge in [0.25, 0.3) is 11.5 Å². The molecule has 0 saturated heterocycles. The van der Waals surface area contributed by atoms with Crippen molar-refractivity contribution in [1.29, 1.82) is 0 Å². The molecule has 0 unspecified atom stereocenters. The van der Waals surface area contributed by atoms with Gasteiger partial charge in [-0.2, -0.15) is 4.68 Å². The summed E-state index contributed by atoms with van der Waals surface area (Å²) >= 11 is 15.3. The lowest BCUT2D eigenvalue weighted by atomic mass is 10.2. The van der Waals surface area contributed by atoms with Gasteiger partial charge in [0.1, 0.15) is 0 Å². The van der Waals surface area contributed by atoms with E-state index in [9.17, 15) is 9.59 Å². The summed E-state index contributed by atoms with van der Waals surface area (Å²) < 4.78 is 2.03. The Morgan fingerprint density at radius 1 is 0.966 bits per heavy atom. The first-order valence-electron chi connectivity index (χ1n) is 8.48. The van der Waals surface area contributed by atoms with E-state index in [2.05, 4.69) is 26.3 Å². The highest BCUT2D eigenvalue weighted by Crippen LogP contribution is 2.23. The van der Waals surface area contributed by atoms with Crippen molar-refractivity contribution in [1.82, 2.24) is 9.66 Å². The fourth-order valence-corrected chi connectivity index (χ4v) is 3.39. The molecule has 0 spiro atoms. The van der Waals surface area contributed by atoms with Gasteiger partial charge >= 0.3 is 0 Å². The molecule has 0 aliphatic carbocycles. The molecule has 8 heteroatoms. The van der Waals surface area contributed by atoms with Gasteiger partial charge in [-0.3, -0.25) is 15.0 Å². The molecule has 0 bridgehead atoms. The van der Waals surface area contributed by atoms with Crippen LogP contribution in [-0.2, 0) is 0 Å². The maximum absolute atomic E-state index is 13.1. The fraction of sp³-hybridized carbons (Fsp3) is 0. The molecule has 0 saturated carbocycles. The van der Waals surface area contributed by atoms with E-state index in [0.717, 1.165) is 9.15 Å². The van der Waals surface area contributed by atoms with Crippen LogP contribution in [-0.4, -0.2) is 15.6 Å². The molecular weight excluding hydrogens is 477 g/mol. The summed E-state index contributed by atoms with van der Waals surface area (Å²) in [6, 6.07) is 18.8. The molecule has 1 amide bonds. The normalized spacial score (nSPS) is 10.9. The topological polar surface area (TPSA) is 64.0 Å². The van der Waals surface area contributed by atoms with Gasteiger partial charge in [0.2, 0.25) is 0 Å². The Balaban J connectivity index is 1.87. The van der Waals surface area contributed by atoms with Crippen LogP contribution in [0.25, 0.3) is 22.3 Å². The van der Waals surface area contributed by atoms with Crippen LogP contribution in [0.15, 0.2) is 76.0 Å². The largest absolute Gasteiger partial charge is 0.280 e. The number of rotatable bonds is 3. The quantitative estimate of drug-likeness (QED) is 0.413. The predicted molar refractivity (Wildman–Crippen MR) is 119 cm³/mol. The summed E-state index contributed by atoms with van der Waals surface area (Å²) in [6.45, 7) is 0. The van der Waals surface area contributed by atoms with Gasteiger partial charge in [0.15, 0.2) is 5.82 Å². The van der Waals surface area contributed by atoms with Crippen LogP contribution in [0.5, 0.6) is 0 Å². The van der Waals surface area contributed by atoms with Gasteiger partial charge in [-0.05, 0) is 42.5 Å². The summed E-state index contributed by atoms with van der Waals surface area (Å²) in [5, 5.41) is 0.975. The van der Waals surface area contributed by atoms with E-state index in [1.165, 1.54) is 18.2 Å². The van der Waals surface area contributed by atoms with Gasteiger partial charge in [-0.25, -0.2) is 4.98 Å². The highest BCUT2D eigenvalue weighted by Gasteiger charge is 2.16. The van der Waals surface area contributed by atoms with E-state index in [4.69, 9.17) is 23.2 Å². The molecule has 5 nitrogen and oxygen atoms in total. The van der Waals surface area contributed by atoms with E-state index < -0.39 is 5.91 Å². The van der Waals surface area contributed by atoms with Crippen LogP contribution in [0.1, 0.15) is 10.4 Å². The van der Waals surface area contributed by atoms with Gasteiger partial charge in [-0.1, -0.05) is 63.4 Å². The van der Waals surface area contributed by atoms with Gasteiger partial charge in [-0.15, -0.1) is 0 Å². The zero-order chi connectivity index (χ0) is 20.5. The molecule has 29 heavy (non-hydrogen) atoms. The second-order valence-corrected chi connectivity index (χ2v) is 7.90. The van der Waals surface area contributed by atoms with Gasteiger partial charge < -0.3 is 0 Å². The van der Waals surface area contributed by atoms with E-state index in [1.54, 1.807) is 24.3 Å². The number of aromatic nitrogens is 2. The minimum atomic E-state index is -0.513. The number of para-hydroxylation sites is 1. The molecule has 0 aliphatic rings. The summed E-state index contributed by atoms with van der Waals surface area (Å²) in [4.78, 5) is 30.5. The average Bonchev–Trinajstić information content (AvgIpc) is 2.72. The van der Waals surface area contributed by atoms with Crippen molar-refractivity contribution in [3.8, 4) is 11.4 Å². The van der Waals surface area contributed by atoms with Crippen molar-refractivity contribution >= 4 is 55.9 Å². The summed E-state index contributed by atoms with van der Waals surface area (Å²) in [5.74, 6) is -0.198. The number of nitrogens with zero attached hydrogens (tertiary/aromatic N) is 2. The Kier molecular flexibility index (Phi) is 5.41. The van der Waals surface area contributed by atoms with Crippen molar-refractivity contribution < 1.29 is 4.79 Å². The second kappa shape index (κ2) is 7.99. The molecular formula is C21H12BrCl2N3O2. The zero-order valence-corrected chi connectivity index (χ0v) is 17.8. The molecule has 1 heterocycles. The third-order valence-corrected chi connectivity index (χ3v) is 5.54. The number of carbonyl (C=O) groups excluding carboxylic acids is 1. The standard InChI is InChI=1S/C21H12BrCl2N3O2/c22-14-8-5-12(6-9-14)19-25-18-4-2-1-3-15(18)21(29)27(19)26-20(28)13-7-10-16(23)17(24)11-13/h1-11H,(H,26,28). The van der Waals surface area contributed by atoms with Crippen LogP contribution < -0.4 is 11.0 Å².